The molecule has 1 fully saturated rings. The smallest absolute Gasteiger partial charge is 0.228 e. The van der Waals surface area contributed by atoms with Crippen LogP contribution in [-0.2, 0) is 4.79 Å². The highest BCUT2D eigenvalue weighted by atomic mass is 16.5. The maximum absolute atomic E-state index is 12.2. The Morgan fingerprint density at radius 1 is 1.55 bits per heavy atom. The molecule has 1 saturated heterocycles. The summed E-state index contributed by atoms with van der Waals surface area (Å²) in [6.07, 6.45) is 3.17. The SMILES string of the molecule is CCC(C)Oc1cccc(NC(=O)[C@H]2CCCNC2)c1. The lowest BCUT2D eigenvalue weighted by atomic mass is 9.99. The molecule has 2 atom stereocenters. The van der Waals surface area contributed by atoms with Gasteiger partial charge in [0.25, 0.3) is 0 Å². The Balaban J connectivity index is 1.94. The van der Waals surface area contributed by atoms with Crippen LogP contribution in [0.3, 0.4) is 0 Å². The van der Waals surface area contributed by atoms with Crippen molar-refractivity contribution in [1.29, 1.82) is 0 Å². The number of anilines is 1. The van der Waals surface area contributed by atoms with Crippen LogP contribution in [0, 0.1) is 5.92 Å². The van der Waals surface area contributed by atoms with E-state index < -0.39 is 0 Å². The molecule has 0 bridgehead atoms. The third-order valence-corrected chi connectivity index (χ3v) is 3.68. The van der Waals surface area contributed by atoms with E-state index in [1.807, 2.05) is 31.2 Å². The highest BCUT2D eigenvalue weighted by molar-refractivity contribution is 5.92. The van der Waals surface area contributed by atoms with Gasteiger partial charge in [0.2, 0.25) is 5.91 Å². The monoisotopic (exact) mass is 276 g/mol. The zero-order chi connectivity index (χ0) is 14.4. The molecular formula is C16H24N2O2. The zero-order valence-electron chi connectivity index (χ0n) is 12.3. The fraction of sp³-hybridized carbons (Fsp3) is 0.562. The maximum atomic E-state index is 12.2. The van der Waals surface area contributed by atoms with E-state index in [0.717, 1.165) is 43.8 Å². The first kappa shape index (κ1) is 14.9. The number of benzene rings is 1. The van der Waals surface area contributed by atoms with Crippen molar-refractivity contribution < 1.29 is 9.53 Å². The van der Waals surface area contributed by atoms with Gasteiger partial charge in [-0.25, -0.2) is 0 Å². The summed E-state index contributed by atoms with van der Waals surface area (Å²) >= 11 is 0. The van der Waals surface area contributed by atoms with Gasteiger partial charge in [-0.15, -0.1) is 0 Å². The molecule has 110 valence electrons. The van der Waals surface area contributed by atoms with Gasteiger partial charge in [0.05, 0.1) is 12.0 Å². The zero-order valence-corrected chi connectivity index (χ0v) is 12.3. The van der Waals surface area contributed by atoms with Gasteiger partial charge in [0, 0.05) is 18.3 Å². The fourth-order valence-corrected chi connectivity index (χ4v) is 2.28. The van der Waals surface area contributed by atoms with Crippen molar-refractivity contribution in [2.45, 2.75) is 39.2 Å². The number of nitrogens with one attached hydrogen (secondary N) is 2. The standard InChI is InChI=1S/C16H24N2O2/c1-3-12(2)20-15-8-4-7-14(10-15)18-16(19)13-6-5-9-17-11-13/h4,7-8,10,12-13,17H,3,5-6,9,11H2,1-2H3,(H,18,19)/t12?,13-/m0/s1. The van der Waals surface area contributed by atoms with Crippen LogP contribution in [0.15, 0.2) is 24.3 Å². The Bertz CT molecular complexity index is 442. The summed E-state index contributed by atoms with van der Waals surface area (Å²) in [7, 11) is 0. The predicted octanol–water partition coefficient (Wildman–Crippen LogP) is 2.80. The summed E-state index contributed by atoms with van der Waals surface area (Å²) in [5, 5.41) is 6.25. The molecule has 2 N–H and O–H groups in total. The van der Waals surface area contributed by atoms with Gasteiger partial charge in [-0.05, 0) is 44.9 Å². The quantitative estimate of drug-likeness (QED) is 0.869. The van der Waals surface area contributed by atoms with Crippen molar-refractivity contribution in [1.82, 2.24) is 5.32 Å². The van der Waals surface area contributed by atoms with E-state index in [-0.39, 0.29) is 17.9 Å². The summed E-state index contributed by atoms with van der Waals surface area (Å²) in [6.45, 7) is 5.92. The molecule has 1 aliphatic heterocycles. The molecule has 0 spiro atoms. The summed E-state index contributed by atoms with van der Waals surface area (Å²) in [5.41, 5.74) is 0.807. The minimum Gasteiger partial charge on any atom is -0.491 e. The summed E-state index contributed by atoms with van der Waals surface area (Å²) in [6, 6.07) is 7.62. The second-order valence-corrected chi connectivity index (χ2v) is 5.40. The normalized spacial score (nSPS) is 20.2. The van der Waals surface area contributed by atoms with Gasteiger partial charge >= 0.3 is 0 Å². The number of piperidine rings is 1. The molecule has 0 radical (unpaired) electrons. The molecule has 0 aliphatic carbocycles. The second kappa shape index (κ2) is 7.29. The van der Waals surface area contributed by atoms with Crippen LogP contribution in [0.25, 0.3) is 0 Å². The van der Waals surface area contributed by atoms with Crippen LogP contribution in [0.2, 0.25) is 0 Å². The molecule has 1 aromatic carbocycles. The number of hydrogen-bond donors (Lipinski definition) is 2. The minimum atomic E-state index is 0.0721. The highest BCUT2D eigenvalue weighted by Gasteiger charge is 2.20. The average molecular weight is 276 g/mol. The number of amides is 1. The van der Waals surface area contributed by atoms with Gasteiger partial charge in [0.1, 0.15) is 5.75 Å². The van der Waals surface area contributed by atoms with Crippen LogP contribution in [0.5, 0.6) is 5.75 Å². The first-order chi connectivity index (χ1) is 9.69. The van der Waals surface area contributed by atoms with Crippen molar-refractivity contribution in [2.24, 2.45) is 5.92 Å². The minimum absolute atomic E-state index is 0.0721. The van der Waals surface area contributed by atoms with Crippen molar-refractivity contribution in [2.75, 3.05) is 18.4 Å². The molecule has 0 saturated carbocycles. The second-order valence-electron chi connectivity index (χ2n) is 5.40. The Kier molecular flexibility index (Phi) is 5.41. The van der Waals surface area contributed by atoms with Crippen LogP contribution in [-0.4, -0.2) is 25.1 Å². The van der Waals surface area contributed by atoms with E-state index in [9.17, 15) is 4.79 Å². The molecule has 1 unspecified atom stereocenters. The lowest BCUT2D eigenvalue weighted by Crippen LogP contribution is -2.37. The molecule has 20 heavy (non-hydrogen) atoms. The molecule has 4 nitrogen and oxygen atoms in total. The van der Waals surface area contributed by atoms with E-state index in [0.29, 0.717) is 0 Å². The predicted molar refractivity (Wildman–Crippen MR) is 81.0 cm³/mol. The van der Waals surface area contributed by atoms with E-state index in [4.69, 9.17) is 4.74 Å². The third-order valence-electron chi connectivity index (χ3n) is 3.68. The fourth-order valence-electron chi connectivity index (χ4n) is 2.28. The van der Waals surface area contributed by atoms with E-state index in [1.54, 1.807) is 0 Å². The number of ether oxygens (including phenoxy) is 1. The Labute approximate surface area is 120 Å². The number of rotatable bonds is 5. The van der Waals surface area contributed by atoms with Crippen molar-refractivity contribution >= 4 is 11.6 Å². The molecule has 1 amide bonds. The molecule has 4 heteroatoms. The molecule has 2 rings (SSSR count). The van der Waals surface area contributed by atoms with Crippen LogP contribution < -0.4 is 15.4 Å². The van der Waals surface area contributed by atoms with E-state index in [1.165, 1.54) is 0 Å². The Morgan fingerprint density at radius 2 is 2.40 bits per heavy atom. The maximum Gasteiger partial charge on any atom is 0.228 e. The summed E-state index contributed by atoms with van der Waals surface area (Å²) in [5.74, 6) is 0.972. The van der Waals surface area contributed by atoms with Gasteiger partial charge in [-0.2, -0.15) is 0 Å². The highest BCUT2D eigenvalue weighted by Crippen LogP contribution is 2.20. The van der Waals surface area contributed by atoms with Gasteiger partial charge in [0.15, 0.2) is 0 Å². The van der Waals surface area contributed by atoms with Gasteiger partial charge in [-0.3, -0.25) is 4.79 Å². The van der Waals surface area contributed by atoms with Crippen LogP contribution in [0.1, 0.15) is 33.1 Å². The lowest BCUT2D eigenvalue weighted by Gasteiger charge is -2.22. The van der Waals surface area contributed by atoms with Crippen molar-refractivity contribution in [3.05, 3.63) is 24.3 Å². The third kappa shape index (κ3) is 4.23. The van der Waals surface area contributed by atoms with Crippen LogP contribution in [0.4, 0.5) is 5.69 Å². The van der Waals surface area contributed by atoms with E-state index >= 15 is 0 Å². The average Bonchev–Trinajstić information content (AvgIpc) is 2.48. The first-order valence-electron chi connectivity index (χ1n) is 7.47. The molecule has 1 aromatic rings. The molecule has 1 heterocycles. The van der Waals surface area contributed by atoms with Gasteiger partial charge in [-0.1, -0.05) is 13.0 Å². The molecular weight excluding hydrogens is 252 g/mol. The van der Waals surface area contributed by atoms with Gasteiger partial charge < -0.3 is 15.4 Å². The molecule has 1 aliphatic rings. The van der Waals surface area contributed by atoms with Crippen molar-refractivity contribution in [3.8, 4) is 5.75 Å². The summed E-state index contributed by atoms with van der Waals surface area (Å²) < 4.78 is 5.77. The number of hydrogen-bond acceptors (Lipinski definition) is 3. The summed E-state index contributed by atoms with van der Waals surface area (Å²) in [4.78, 5) is 12.2. The lowest BCUT2D eigenvalue weighted by molar-refractivity contribution is -0.120. The van der Waals surface area contributed by atoms with E-state index in [2.05, 4.69) is 17.6 Å². The molecule has 0 aromatic heterocycles. The number of carbonyl (C=O) groups excluding carboxylic acids is 1. The first-order valence-corrected chi connectivity index (χ1v) is 7.47. The largest absolute Gasteiger partial charge is 0.491 e. The Hall–Kier alpha value is -1.55. The Morgan fingerprint density at radius 3 is 3.10 bits per heavy atom. The van der Waals surface area contributed by atoms with Crippen molar-refractivity contribution in [3.63, 3.8) is 0 Å². The topological polar surface area (TPSA) is 50.4 Å². The number of carbonyl (C=O) groups is 1. The van der Waals surface area contributed by atoms with Crippen LogP contribution >= 0.6 is 0 Å².